The Labute approximate surface area is 124 Å². The molecule has 5 heteroatoms. The van der Waals surface area contributed by atoms with Crippen molar-refractivity contribution in [2.24, 2.45) is 0 Å². The minimum atomic E-state index is 0.0840. The summed E-state index contributed by atoms with van der Waals surface area (Å²) in [6, 6.07) is 9.79. The maximum Gasteiger partial charge on any atom is 0.153 e. The lowest BCUT2D eigenvalue weighted by Gasteiger charge is -1.99. The summed E-state index contributed by atoms with van der Waals surface area (Å²) < 4.78 is 7.37. The second-order valence-electron chi connectivity index (χ2n) is 4.75. The predicted octanol–water partition coefficient (Wildman–Crippen LogP) is 3.82. The van der Waals surface area contributed by atoms with Crippen LogP contribution >= 0.6 is 11.3 Å². The van der Waals surface area contributed by atoms with Crippen LogP contribution in [0, 0.1) is 0 Å². The third kappa shape index (κ3) is 2.16. The van der Waals surface area contributed by atoms with E-state index >= 15 is 0 Å². The quantitative estimate of drug-likeness (QED) is 0.625. The summed E-state index contributed by atoms with van der Waals surface area (Å²) in [5.74, 6) is 0.762. The van der Waals surface area contributed by atoms with Gasteiger partial charge in [0.05, 0.1) is 12.9 Å². The standard InChI is InChI=1S/C16H12N2O2S/c19-9-13-6-12(10-21-13)11-3-4-16-17-14(8-18(16)7-11)15-2-1-5-20-15/h1-8,10,19H,9H2. The van der Waals surface area contributed by atoms with Gasteiger partial charge in [-0.25, -0.2) is 4.98 Å². The SMILES string of the molecule is OCc1cc(-c2ccc3nc(-c4ccco4)cn3c2)cs1. The van der Waals surface area contributed by atoms with E-state index in [4.69, 9.17) is 9.52 Å². The van der Waals surface area contributed by atoms with Gasteiger partial charge in [0, 0.05) is 17.3 Å². The Morgan fingerprint density at radius 3 is 2.90 bits per heavy atom. The molecule has 0 bridgehead atoms. The van der Waals surface area contributed by atoms with Crippen molar-refractivity contribution in [1.82, 2.24) is 9.38 Å². The van der Waals surface area contributed by atoms with Crippen LogP contribution in [-0.2, 0) is 6.61 Å². The van der Waals surface area contributed by atoms with E-state index in [1.807, 2.05) is 47.1 Å². The van der Waals surface area contributed by atoms with Crippen LogP contribution in [0.1, 0.15) is 4.88 Å². The number of hydrogen-bond donors (Lipinski definition) is 1. The zero-order chi connectivity index (χ0) is 14.2. The molecule has 0 spiro atoms. The Morgan fingerprint density at radius 2 is 2.14 bits per heavy atom. The van der Waals surface area contributed by atoms with Crippen molar-refractivity contribution in [3.8, 4) is 22.6 Å². The van der Waals surface area contributed by atoms with E-state index in [0.29, 0.717) is 0 Å². The average Bonchev–Trinajstić information content (AvgIpc) is 3.24. The van der Waals surface area contributed by atoms with Gasteiger partial charge in [-0.1, -0.05) is 0 Å². The van der Waals surface area contributed by atoms with Gasteiger partial charge < -0.3 is 13.9 Å². The maximum absolute atomic E-state index is 9.16. The third-order valence-corrected chi connectivity index (χ3v) is 4.29. The van der Waals surface area contributed by atoms with Crippen LogP contribution in [0.2, 0.25) is 0 Å². The van der Waals surface area contributed by atoms with Crippen LogP contribution in [0.15, 0.2) is 58.8 Å². The number of aromatic nitrogens is 2. The lowest BCUT2D eigenvalue weighted by atomic mass is 10.1. The molecule has 0 aliphatic carbocycles. The predicted molar refractivity (Wildman–Crippen MR) is 82.1 cm³/mol. The minimum Gasteiger partial charge on any atom is -0.463 e. The number of nitrogens with zero attached hydrogens (tertiary/aromatic N) is 2. The van der Waals surface area contributed by atoms with Gasteiger partial charge in [0.25, 0.3) is 0 Å². The normalized spacial score (nSPS) is 11.3. The van der Waals surface area contributed by atoms with Crippen molar-refractivity contribution in [3.05, 3.63) is 59.2 Å². The van der Waals surface area contributed by atoms with E-state index in [2.05, 4.69) is 10.4 Å². The van der Waals surface area contributed by atoms with Crippen molar-refractivity contribution in [2.45, 2.75) is 6.61 Å². The highest BCUT2D eigenvalue weighted by atomic mass is 32.1. The number of aliphatic hydroxyl groups is 1. The van der Waals surface area contributed by atoms with Crippen LogP contribution in [-0.4, -0.2) is 14.5 Å². The molecule has 0 aliphatic heterocycles. The number of rotatable bonds is 3. The van der Waals surface area contributed by atoms with Gasteiger partial charge in [-0.05, 0) is 46.8 Å². The first kappa shape index (κ1) is 12.4. The summed E-state index contributed by atoms with van der Waals surface area (Å²) in [7, 11) is 0. The van der Waals surface area contributed by atoms with E-state index in [1.165, 1.54) is 0 Å². The molecule has 21 heavy (non-hydrogen) atoms. The Bertz CT molecular complexity index is 890. The highest BCUT2D eigenvalue weighted by molar-refractivity contribution is 7.10. The highest BCUT2D eigenvalue weighted by Gasteiger charge is 2.08. The molecule has 0 aliphatic rings. The molecule has 0 fully saturated rings. The van der Waals surface area contributed by atoms with E-state index in [1.54, 1.807) is 17.6 Å². The molecule has 0 amide bonds. The molecule has 4 aromatic rings. The monoisotopic (exact) mass is 296 g/mol. The van der Waals surface area contributed by atoms with Crippen molar-refractivity contribution >= 4 is 17.0 Å². The van der Waals surface area contributed by atoms with Crippen LogP contribution in [0.4, 0.5) is 0 Å². The van der Waals surface area contributed by atoms with Gasteiger partial charge in [-0.15, -0.1) is 11.3 Å². The molecule has 0 unspecified atom stereocenters. The Kier molecular flexibility index (Phi) is 2.87. The molecule has 104 valence electrons. The van der Waals surface area contributed by atoms with E-state index < -0.39 is 0 Å². The molecular formula is C16H12N2O2S. The summed E-state index contributed by atoms with van der Waals surface area (Å²) >= 11 is 1.56. The number of hydrogen-bond acceptors (Lipinski definition) is 4. The van der Waals surface area contributed by atoms with Gasteiger partial charge in [0.15, 0.2) is 5.76 Å². The van der Waals surface area contributed by atoms with Gasteiger partial charge in [0.1, 0.15) is 11.3 Å². The zero-order valence-electron chi connectivity index (χ0n) is 11.1. The zero-order valence-corrected chi connectivity index (χ0v) is 11.9. The maximum atomic E-state index is 9.16. The first-order valence-corrected chi connectivity index (χ1v) is 7.43. The first-order chi connectivity index (χ1) is 10.3. The first-order valence-electron chi connectivity index (χ1n) is 6.55. The molecule has 4 heterocycles. The van der Waals surface area contributed by atoms with Crippen LogP contribution in [0.5, 0.6) is 0 Å². The topological polar surface area (TPSA) is 50.7 Å². The summed E-state index contributed by atoms with van der Waals surface area (Å²) in [4.78, 5) is 5.51. The summed E-state index contributed by atoms with van der Waals surface area (Å²) in [6.45, 7) is 0.0840. The largest absolute Gasteiger partial charge is 0.463 e. The van der Waals surface area contributed by atoms with Gasteiger partial charge >= 0.3 is 0 Å². The Morgan fingerprint density at radius 1 is 1.19 bits per heavy atom. The fraction of sp³-hybridized carbons (Fsp3) is 0.0625. The molecule has 0 saturated carbocycles. The number of imidazole rings is 1. The van der Waals surface area contributed by atoms with E-state index in [9.17, 15) is 0 Å². The molecule has 0 aromatic carbocycles. The second-order valence-corrected chi connectivity index (χ2v) is 5.74. The number of fused-ring (bicyclic) bond motifs is 1. The molecule has 4 nitrogen and oxygen atoms in total. The Hall–Kier alpha value is -2.37. The fourth-order valence-corrected chi connectivity index (χ4v) is 3.07. The average molecular weight is 296 g/mol. The van der Waals surface area contributed by atoms with Crippen LogP contribution < -0.4 is 0 Å². The molecule has 0 saturated heterocycles. The lowest BCUT2D eigenvalue weighted by molar-refractivity contribution is 0.285. The second kappa shape index (κ2) is 4.87. The number of furan rings is 1. The summed E-state index contributed by atoms with van der Waals surface area (Å²) in [5.41, 5.74) is 3.90. The number of pyridine rings is 1. The molecule has 4 aromatic heterocycles. The lowest BCUT2D eigenvalue weighted by Crippen LogP contribution is -1.84. The van der Waals surface area contributed by atoms with Crippen LogP contribution in [0.25, 0.3) is 28.2 Å². The van der Waals surface area contributed by atoms with Crippen molar-refractivity contribution in [1.29, 1.82) is 0 Å². The smallest absolute Gasteiger partial charge is 0.153 e. The fourth-order valence-electron chi connectivity index (χ4n) is 2.32. The summed E-state index contributed by atoms with van der Waals surface area (Å²) in [5, 5.41) is 11.2. The molecule has 0 radical (unpaired) electrons. The van der Waals surface area contributed by atoms with Crippen molar-refractivity contribution < 1.29 is 9.52 Å². The van der Waals surface area contributed by atoms with Gasteiger partial charge in [-0.2, -0.15) is 0 Å². The minimum absolute atomic E-state index is 0.0840. The van der Waals surface area contributed by atoms with Crippen molar-refractivity contribution in [2.75, 3.05) is 0 Å². The molecule has 0 atom stereocenters. The third-order valence-electron chi connectivity index (χ3n) is 3.37. The number of thiophene rings is 1. The number of aliphatic hydroxyl groups excluding tert-OH is 1. The highest BCUT2D eigenvalue weighted by Crippen LogP contribution is 2.27. The molecule has 4 rings (SSSR count). The van der Waals surface area contributed by atoms with Gasteiger partial charge in [-0.3, -0.25) is 0 Å². The van der Waals surface area contributed by atoms with E-state index in [0.717, 1.165) is 33.1 Å². The van der Waals surface area contributed by atoms with Gasteiger partial charge in [0.2, 0.25) is 0 Å². The molecule has 1 N–H and O–H groups in total. The van der Waals surface area contributed by atoms with E-state index in [-0.39, 0.29) is 6.61 Å². The Balaban J connectivity index is 1.79. The summed E-state index contributed by atoms with van der Waals surface area (Å²) in [6.07, 6.45) is 5.64. The van der Waals surface area contributed by atoms with Crippen molar-refractivity contribution in [3.63, 3.8) is 0 Å². The molecular weight excluding hydrogens is 284 g/mol. The van der Waals surface area contributed by atoms with Crippen LogP contribution in [0.3, 0.4) is 0 Å².